The van der Waals surface area contributed by atoms with E-state index in [1.165, 1.54) is 12.1 Å². The summed E-state index contributed by atoms with van der Waals surface area (Å²) in [5.74, 6) is -0.102. The number of pyridine rings is 1. The Labute approximate surface area is 266 Å². The molecule has 4 N–H and O–H groups in total. The van der Waals surface area contributed by atoms with Gasteiger partial charge >= 0.3 is 5.97 Å². The molecule has 0 unspecified atom stereocenters. The first-order valence-electron chi connectivity index (χ1n) is 15.9. The van der Waals surface area contributed by atoms with E-state index in [9.17, 15) is 14.7 Å². The predicted octanol–water partition coefficient (Wildman–Crippen LogP) is 5.44. The van der Waals surface area contributed by atoms with Gasteiger partial charge in [-0.25, -0.2) is 19.3 Å². The number of benzene rings is 1. The minimum atomic E-state index is -0.738. The molecule has 11 nitrogen and oxygen atoms in total. The van der Waals surface area contributed by atoms with Gasteiger partial charge in [0.05, 0.1) is 12.0 Å². The summed E-state index contributed by atoms with van der Waals surface area (Å²) in [7, 11) is 0. The first-order valence-corrected chi connectivity index (χ1v) is 15.9. The molecule has 4 heterocycles. The number of nitrogens with zero attached hydrogens (tertiary/aromatic N) is 5. The van der Waals surface area contributed by atoms with Crippen LogP contribution in [0.1, 0.15) is 86.1 Å². The van der Waals surface area contributed by atoms with Gasteiger partial charge in [0, 0.05) is 48.3 Å². The molecule has 3 fully saturated rings. The van der Waals surface area contributed by atoms with Crippen LogP contribution in [0.25, 0.3) is 16.8 Å². The zero-order chi connectivity index (χ0) is 32.2. The number of hydrogen-bond donors (Lipinski definition) is 3. The number of nitrogens with two attached hydrogens (primary N) is 1. The van der Waals surface area contributed by atoms with Crippen molar-refractivity contribution in [2.75, 3.05) is 24.2 Å². The number of halogens is 1. The van der Waals surface area contributed by atoms with Crippen molar-refractivity contribution < 1.29 is 23.8 Å². The van der Waals surface area contributed by atoms with Crippen molar-refractivity contribution in [2.24, 2.45) is 5.41 Å². The molecular weight excluding hydrogens is 589 g/mol. The van der Waals surface area contributed by atoms with E-state index in [-0.39, 0.29) is 29.0 Å². The first kappa shape index (κ1) is 30.2. The molecule has 1 saturated heterocycles. The average Bonchev–Trinajstić information content (AvgIpc) is 3.83. The number of nitrogen functional groups attached to an aromatic ring is 1. The monoisotopic (exact) mass is 627 g/mol. The fraction of sp³-hybridized carbons (Fsp3) is 0.441. The van der Waals surface area contributed by atoms with Crippen LogP contribution < -0.4 is 11.1 Å². The third-order valence-corrected chi connectivity index (χ3v) is 9.98. The number of imidazole rings is 1. The molecule has 0 spiro atoms. The lowest BCUT2D eigenvalue weighted by Crippen LogP contribution is -2.52. The van der Waals surface area contributed by atoms with Crippen molar-refractivity contribution in [1.82, 2.24) is 24.3 Å². The molecule has 1 amide bonds. The van der Waals surface area contributed by atoms with Gasteiger partial charge in [-0.1, -0.05) is 0 Å². The van der Waals surface area contributed by atoms with E-state index in [4.69, 9.17) is 15.5 Å². The van der Waals surface area contributed by atoms with E-state index >= 15 is 4.39 Å². The quantitative estimate of drug-likeness (QED) is 0.244. The number of carbonyl (C=O) groups is 2. The SMILES string of the molecule is C[C@H]1CO[C@@H](c2nc(-c3ccc(C(=O)Nc4cc(C5CC5)ccn4)cc3F)c3c(N)nccn23)CN1[C@H]1CC[C@](C)(C(=O)O)CC1. The maximum Gasteiger partial charge on any atom is 0.309 e. The number of anilines is 2. The van der Waals surface area contributed by atoms with Crippen LogP contribution in [0.5, 0.6) is 0 Å². The Hall–Kier alpha value is -4.42. The van der Waals surface area contributed by atoms with Crippen molar-refractivity contribution in [1.29, 1.82) is 0 Å². The number of rotatable bonds is 7. The van der Waals surface area contributed by atoms with Crippen LogP contribution in [0.15, 0.2) is 48.9 Å². The molecule has 1 aliphatic heterocycles. The minimum Gasteiger partial charge on any atom is -0.481 e. The molecule has 3 aliphatic rings. The first-order chi connectivity index (χ1) is 22.1. The number of carbonyl (C=O) groups excluding carboxylic acids is 1. The van der Waals surface area contributed by atoms with Crippen molar-refractivity contribution in [2.45, 2.75) is 76.5 Å². The Morgan fingerprint density at radius 2 is 1.89 bits per heavy atom. The Kier molecular flexibility index (Phi) is 7.72. The van der Waals surface area contributed by atoms with E-state index in [2.05, 4.69) is 27.1 Å². The number of carboxylic acid groups (broad SMARTS) is 1. The van der Waals surface area contributed by atoms with Crippen LogP contribution in [0.4, 0.5) is 16.0 Å². The van der Waals surface area contributed by atoms with Crippen LogP contribution in [0.2, 0.25) is 0 Å². The van der Waals surface area contributed by atoms with E-state index < -0.39 is 29.2 Å². The molecule has 7 rings (SSSR count). The summed E-state index contributed by atoms with van der Waals surface area (Å²) in [6.07, 6.45) is 9.64. The highest BCUT2D eigenvalue weighted by molar-refractivity contribution is 6.04. The average molecular weight is 628 g/mol. The van der Waals surface area contributed by atoms with Crippen molar-refractivity contribution in [3.8, 4) is 11.3 Å². The lowest BCUT2D eigenvalue weighted by atomic mass is 9.73. The van der Waals surface area contributed by atoms with Gasteiger partial charge in [0.1, 0.15) is 40.6 Å². The topological polar surface area (TPSA) is 148 Å². The number of aliphatic carboxylic acids is 1. The summed E-state index contributed by atoms with van der Waals surface area (Å²) < 4.78 is 23.9. The molecular formula is C34H38FN7O4. The van der Waals surface area contributed by atoms with E-state index in [0.29, 0.717) is 54.8 Å². The largest absolute Gasteiger partial charge is 0.481 e. The van der Waals surface area contributed by atoms with Crippen LogP contribution >= 0.6 is 0 Å². The lowest BCUT2D eigenvalue weighted by molar-refractivity contribution is -0.151. The minimum absolute atomic E-state index is 0.149. The zero-order valence-electron chi connectivity index (χ0n) is 25.9. The second-order valence-corrected chi connectivity index (χ2v) is 13.2. The highest BCUT2D eigenvalue weighted by Crippen LogP contribution is 2.42. The standard InChI is InChI=1S/C34H38FN7O4/c1-19-18-46-26(17-42(19)23-7-10-34(2,11-8-23)33(44)45)31-40-28(29-30(36)38-13-14-41(29)31)24-6-5-22(15-25(24)35)32(43)39-27-16-21(9-12-37-27)20-3-4-20/h5-6,9,12-16,19-20,23,26H,3-4,7-8,10-11,17-18H2,1-2H3,(H2,36,38)(H,44,45)(H,37,39,43)/t19-,23-,26+,34-/m0/s1. The van der Waals surface area contributed by atoms with Crippen molar-refractivity contribution in [3.63, 3.8) is 0 Å². The molecule has 1 aromatic carbocycles. The molecule has 46 heavy (non-hydrogen) atoms. The third-order valence-electron chi connectivity index (χ3n) is 9.98. The van der Waals surface area contributed by atoms with Gasteiger partial charge in [-0.3, -0.25) is 18.9 Å². The zero-order valence-corrected chi connectivity index (χ0v) is 25.9. The van der Waals surface area contributed by atoms with Gasteiger partial charge in [0.2, 0.25) is 0 Å². The third kappa shape index (κ3) is 5.60. The summed E-state index contributed by atoms with van der Waals surface area (Å²) in [4.78, 5) is 40.6. The molecule has 2 saturated carbocycles. The summed E-state index contributed by atoms with van der Waals surface area (Å²) in [6.45, 7) is 4.97. The van der Waals surface area contributed by atoms with Crippen LogP contribution in [-0.4, -0.2) is 66.5 Å². The lowest BCUT2D eigenvalue weighted by Gasteiger charge is -2.46. The smallest absolute Gasteiger partial charge is 0.309 e. The van der Waals surface area contributed by atoms with E-state index in [1.807, 2.05) is 19.1 Å². The summed E-state index contributed by atoms with van der Waals surface area (Å²) >= 11 is 0. The van der Waals surface area contributed by atoms with E-state index in [0.717, 1.165) is 31.2 Å². The second kappa shape index (κ2) is 11.7. The number of carboxylic acids is 1. The maximum absolute atomic E-state index is 15.8. The maximum atomic E-state index is 15.8. The molecule has 3 aromatic heterocycles. The van der Waals surface area contributed by atoms with Gasteiger partial charge in [0.15, 0.2) is 0 Å². The molecule has 0 bridgehead atoms. The number of nitrogens with one attached hydrogen (secondary N) is 1. The highest BCUT2D eigenvalue weighted by atomic mass is 19.1. The van der Waals surface area contributed by atoms with Gasteiger partial charge < -0.3 is 20.9 Å². The Bertz CT molecular complexity index is 1810. The molecule has 2 atom stereocenters. The molecule has 12 heteroatoms. The normalized spacial score (nSPS) is 25.4. The number of amides is 1. The van der Waals surface area contributed by atoms with Crippen molar-refractivity contribution in [3.05, 3.63) is 71.7 Å². The van der Waals surface area contributed by atoms with Crippen molar-refractivity contribution >= 4 is 29.0 Å². The fourth-order valence-electron chi connectivity index (χ4n) is 6.95. The van der Waals surface area contributed by atoms with Crippen LogP contribution in [0, 0.1) is 11.2 Å². The van der Waals surface area contributed by atoms with Gasteiger partial charge in [-0.05, 0) is 94.2 Å². The summed E-state index contributed by atoms with van der Waals surface area (Å²) in [5, 5.41) is 12.5. The van der Waals surface area contributed by atoms with Gasteiger partial charge in [-0.15, -0.1) is 0 Å². The molecule has 2 aliphatic carbocycles. The number of morpholine rings is 1. The number of hydrogen-bond acceptors (Lipinski definition) is 8. The van der Waals surface area contributed by atoms with Gasteiger partial charge in [0.25, 0.3) is 5.91 Å². The highest BCUT2D eigenvalue weighted by Gasteiger charge is 2.42. The fourth-order valence-corrected chi connectivity index (χ4v) is 6.95. The second-order valence-electron chi connectivity index (χ2n) is 13.2. The van der Waals surface area contributed by atoms with Gasteiger partial charge in [-0.2, -0.15) is 0 Å². The van der Waals surface area contributed by atoms with Crippen LogP contribution in [0.3, 0.4) is 0 Å². The molecule has 240 valence electrons. The summed E-state index contributed by atoms with van der Waals surface area (Å²) in [6, 6.07) is 8.49. The number of ether oxygens (including phenoxy) is 1. The Balaban J connectivity index is 1.15. The number of aromatic nitrogens is 4. The Morgan fingerprint density at radius 3 is 2.61 bits per heavy atom. The molecule has 0 radical (unpaired) electrons. The van der Waals surface area contributed by atoms with E-state index in [1.54, 1.807) is 29.1 Å². The molecule has 4 aromatic rings. The summed E-state index contributed by atoms with van der Waals surface area (Å²) in [5.41, 5.74) is 7.90. The number of fused-ring (bicyclic) bond motifs is 1. The predicted molar refractivity (Wildman–Crippen MR) is 170 cm³/mol. The van der Waals surface area contributed by atoms with Crippen LogP contribution in [-0.2, 0) is 9.53 Å². The Morgan fingerprint density at radius 1 is 1.11 bits per heavy atom.